The number of carbonyl (C=O) groups is 2. The maximum atomic E-state index is 12.2. The maximum absolute atomic E-state index is 12.2. The molecule has 0 aromatic heterocycles. The predicted molar refractivity (Wildman–Crippen MR) is 79.4 cm³/mol. The van der Waals surface area contributed by atoms with Gasteiger partial charge in [0.15, 0.2) is 0 Å². The number of ether oxygens (including phenoxy) is 2. The van der Waals surface area contributed by atoms with Crippen LogP contribution in [-0.4, -0.2) is 41.8 Å². The largest absolute Gasteiger partial charge is 0.466 e. The fourth-order valence-electron chi connectivity index (χ4n) is 2.60. The van der Waals surface area contributed by atoms with E-state index in [4.69, 9.17) is 9.47 Å². The molecule has 1 saturated heterocycles. The summed E-state index contributed by atoms with van der Waals surface area (Å²) in [5, 5.41) is 3.26. The molecule has 1 rings (SSSR count). The van der Waals surface area contributed by atoms with Gasteiger partial charge in [0.25, 0.3) is 0 Å². The van der Waals surface area contributed by atoms with Gasteiger partial charge in [0.2, 0.25) is 0 Å². The molecule has 5 nitrogen and oxygen atoms in total. The van der Waals surface area contributed by atoms with Crippen LogP contribution in [0.5, 0.6) is 0 Å². The van der Waals surface area contributed by atoms with Crippen LogP contribution in [0.3, 0.4) is 0 Å². The van der Waals surface area contributed by atoms with Crippen LogP contribution in [0.1, 0.15) is 34.6 Å². The third-order valence-corrected chi connectivity index (χ3v) is 4.85. The highest BCUT2D eigenvalue weighted by Gasteiger charge is 2.49. The van der Waals surface area contributed by atoms with E-state index in [1.165, 1.54) is 0 Å². The second-order valence-corrected chi connectivity index (χ2v) is 6.81. The fourth-order valence-corrected chi connectivity index (χ4v) is 4.11. The zero-order valence-corrected chi connectivity index (χ0v) is 13.7. The summed E-state index contributed by atoms with van der Waals surface area (Å²) >= 11 is 1.58. The van der Waals surface area contributed by atoms with Gasteiger partial charge in [0, 0.05) is 5.75 Å². The minimum Gasteiger partial charge on any atom is -0.466 e. The molecule has 0 aromatic carbocycles. The zero-order valence-electron chi connectivity index (χ0n) is 12.9. The molecular formula is C14H25NO4S. The molecule has 0 saturated carbocycles. The van der Waals surface area contributed by atoms with Crippen molar-refractivity contribution >= 4 is 23.7 Å². The van der Waals surface area contributed by atoms with Gasteiger partial charge in [-0.15, -0.1) is 11.8 Å². The van der Waals surface area contributed by atoms with Crippen molar-refractivity contribution in [1.82, 2.24) is 5.32 Å². The minimum absolute atomic E-state index is 0.125. The highest BCUT2D eigenvalue weighted by molar-refractivity contribution is 8.01. The average Bonchev–Trinajstić information content (AvgIpc) is 2.72. The first-order valence-corrected chi connectivity index (χ1v) is 8.09. The Bertz CT molecular complexity index is 361. The lowest BCUT2D eigenvalue weighted by Crippen LogP contribution is -2.52. The van der Waals surface area contributed by atoms with E-state index in [9.17, 15) is 9.59 Å². The van der Waals surface area contributed by atoms with Crippen molar-refractivity contribution in [2.45, 2.75) is 45.5 Å². The van der Waals surface area contributed by atoms with Crippen LogP contribution in [0.25, 0.3) is 0 Å². The predicted octanol–water partition coefficient (Wildman–Crippen LogP) is 1.81. The number of rotatable bonds is 6. The van der Waals surface area contributed by atoms with Gasteiger partial charge in [-0.05, 0) is 26.7 Å². The Balaban J connectivity index is 2.81. The molecule has 0 amide bonds. The molecule has 20 heavy (non-hydrogen) atoms. The van der Waals surface area contributed by atoms with E-state index in [2.05, 4.69) is 5.32 Å². The van der Waals surface area contributed by atoms with E-state index in [-0.39, 0.29) is 29.8 Å². The summed E-state index contributed by atoms with van der Waals surface area (Å²) < 4.78 is 10.2. The molecule has 1 aliphatic heterocycles. The van der Waals surface area contributed by atoms with Crippen LogP contribution in [0.2, 0.25) is 0 Å². The molecule has 3 atom stereocenters. The number of esters is 2. The first kappa shape index (κ1) is 17.3. The second-order valence-electron chi connectivity index (χ2n) is 5.34. The Hall–Kier alpha value is -0.750. The first-order valence-electron chi connectivity index (χ1n) is 7.10. The van der Waals surface area contributed by atoms with Crippen molar-refractivity contribution < 1.29 is 19.1 Å². The summed E-state index contributed by atoms with van der Waals surface area (Å²) in [4.78, 5) is 23.5. The fraction of sp³-hybridized carbons (Fsp3) is 0.857. The summed E-state index contributed by atoms with van der Waals surface area (Å²) in [6, 6.07) is -0.361. The van der Waals surface area contributed by atoms with Crippen LogP contribution in [-0.2, 0) is 19.1 Å². The van der Waals surface area contributed by atoms with Crippen molar-refractivity contribution in [3.05, 3.63) is 0 Å². The van der Waals surface area contributed by atoms with Gasteiger partial charge in [0.1, 0.15) is 6.04 Å². The van der Waals surface area contributed by atoms with Crippen molar-refractivity contribution in [2.24, 2.45) is 11.8 Å². The summed E-state index contributed by atoms with van der Waals surface area (Å²) in [7, 11) is 0. The van der Waals surface area contributed by atoms with Crippen LogP contribution >= 0.6 is 11.8 Å². The average molecular weight is 303 g/mol. The molecule has 1 N–H and O–H groups in total. The Morgan fingerprint density at radius 2 is 1.90 bits per heavy atom. The van der Waals surface area contributed by atoms with Crippen LogP contribution < -0.4 is 5.32 Å². The van der Waals surface area contributed by atoms with Crippen LogP contribution in [0.15, 0.2) is 0 Å². The topological polar surface area (TPSA) is 64.6 Å². The molecule has 0 bridgehead atoms. The summed E-state index contributed by atoms with van der Waals surface area (Å²) in [5.74, 6) is -0.0331. The Morgan fingerprint density at radius 3 is 2.40 bits per heavy atom. The molecule has 116 valence electrons. The number of thioether (sulfide) groups is 1. The van der Waals surface area contributed by atoms with Crippen molar-refractivity contribution in [1.29, 1.82) is 0 Å². The van der Waals surface area contributed by atoms with Gasteiger partial charge in [-0.2, -0.15) is 0 Å². The van der Waals surface area contributed by atoms with E-state index in [1.807, 2.05) is 20.8 Å². The molecular weight excluding hydrogens is 278 g/mol. The van der Waals surface area contributed by atoms with Gasteiger partial charge < -0.3 is 9.47 Å². The van der Waals surface area contributed by atoms with E-state index in [0.717, 1.165) is 0 Å². The summed E-state index contributed by atoms with van der Waals surface area (Å²) in [6.45, 7) is 10.3. The smallest absolute Gasteiger partial charge is 0.324 e. The van der Waals surface area contributed by atoms with Crippen LogP contribution in [0, 0.1) is 11.8 Å². The second kappa shape index (κ2) is 7.31. The van der Waals surface area contributed by atoms with Crippen molar-refractivity contribution in [3.8, 4) is 0 Å². The van der Waals surface area contributed by atoms with Gasteiger partial charge in [0.05, 0.1) is 24.0 Å². The van der Waals surface area contributed by atoms with E-state index >= 15 is 0 Å². The van der Waals surface area contributed by atoms with Crippen molar-refractivity contribution in [2.75, 3.05) is 19.0 Å². The third-order valence-electron chi connectivity index (χ3n) is 3.38. The van der Waals surface area contributed by atoms with E-state index in [1.54, 1.807) is 25.6 Å². The normalized spacial score (nSPS) is 27.4. The maximum Gasteiger partial charge on any atom is 0.324 e. The van der Waals surface area contributed by atoms with Crippen LogP contribution in [0.4, 0.5) is 0 Å². The van der Waals surface area contributed by atoms with Gasteiger partial charge in [-0.3, -0.25) is 14.9 Å². The molecule has 0 aliphatic carbocycles. The summed E-state index contributed by atoms with van der Waals surface area (Å²) in [6.07, 6.45) is 0. The highest BCUT2D eigenvalue weighted by Crippen LogP contribution is 2.40. The Morgan fingerprint density at radius 1 is 1.30 bits per heavy atom. The lowest BCUT2D eigenvalue weighted by molar-refractivity contribution is -0.152. The molecule has 0 aromatic rings. The highest BCUT2D eigenvalue weighted by atomic mass is 32.2. The van der Waals surface area contributed by atoms with Gasteiger partial charge in [-0.25, -0.2) is 0 Å². The number of hydrogen-bond donors (Lipinski definition) is 1. The molecule has 1 heterocycles. The standard InChI is InChI=1S/C14H25NO4S/c1-6-18-12(16)10-8-20-14(5,15-10)11(9(3)4)13(17)19-7-2/h9-11,15H,6-8H2,1-5H3/t10-,11?,14?/m0/s1. The molecule has 2 unspecified atom stereocenters. The Kier molecular flexibility index (Phi) is 6.33. The number of hydrogen-bond acceptors (Lipinski definition) is 6. The number of carbonyl (C=O) groups excluding carboxylic acids is 2. The number of nitrogens with one attached hydrogen (secondary N) is 1. The molecule has 0 spiro atoms. The molecule has 0 radical (unpaired) electrons. The third kappa shape index (κ3) is 3.88. The molecule has 6 heteroatoms. The van der Waals surface area contributed by atoms with Gasteiger partial charge in [-0.1, -0.05) is 13.8 Å². The van der Waals surface area contributed by atoms with Gasteiger partial charge >= 0.3 is 11.9 Å². The van der Waals surface area contributed by atoms with E-state index < -0.39 is 4.87 Å². The Labute approximate surface area is 125 Å². The first-order chi connectivity index (χ1) is 9.35. The van der Waals surface area contributed by atoms with Crippen molar-refractivity contribution in [3.63, 3.8) is 0 Å². The molecule has 1 fully saturated rings. The monoisotopic (exact) mass is 303 g/mol. The lowest BCUT2D eigenvalue weighted by atomic mass is 9.88. The zero-order chi connectivity index (χ0) is 15.3. The lowest BCUT2D eigenvalue weighted by Gasteiger charge is -2.34. The van der Waals surface area contributed by atoms with E-state index in [0.29, 0.717) is 19.0 Å². The quantitative estimate of drug-likeness (QED) is 0.755. The summed E-state index contributed by atoms with van der Waals surface area (Å²) in [5.41, 5.74) is 0. The SMILES string of the molecule is CCOC(=O)C(C(C)C)C1(C)N[C@H](C(=O)OCC)CS1. The molecule has 1 aliphatic rings. The minimum atomic E-state index is -0.502.